The predicted octanol–water partition coefficient (Wildman–Crippen LogP) is 2.83. The Morgan fingerprint density at radius 1 is 1.47 bits per heavy atom. The number of halogens is 2. The molecule has 5 nitrogen and oxygen atoms in total. The van der Waals surface area contributed by atoms with Crippen molar-refractivity contribution >= 4 is 29.0 Å². The van der Waals surface area contributed by atoms with Crippen LogP contribution in [0.15, 0.2) is 28.8 Å². The van der Waals surface area contributed by atoms with E-state index in [1.165, 1.54) is 18.2 Å². The molecule has 1 amide bonds. The summed E-state index contributed by atoms with van der Waals surface area (Å²) in [5.41, 5.74) is 0.205. The summed E-state index contributed by atoms with van der Waals surface area (Å²) in [5, 5.41) is 9.08. The first-order valence-electron chi connectivity index (χ1n) is 5.46. The number of amides is 1. The molecule has 0 atom stereocenters. The van der Waals surface area contributed by atoms with Crippen molar-refractivity contribution in [1.29, 1.82) is 0 Å². The van der Waals surface area contributed by atoms with Gasteiger partial charge in [-0.05, 0) is 25.1 Å². The highest BCUT2D eigenvalue weighted by atomic mass is 35.5. The number of rotatable bonds is 4. The lowest BCUT2D eigenvalue weighted by Crippen LogP contribution is -2.22. The minimum atomic E-state index is -0.516. The summed E-state index contributed by atoms with van der Waals surface area (Å²) >= 11 is 5.62. The van der Waals surface area contributed by atoms with Gasteiger partial charge >= 0.3 is 0 Å². The summed E-state index contributed by atoms with van der Waals surface area (Å²) in [4.78, 5) is 11.6. The van der Waals surface area contributed by atoms with E-state index in [0.717, 1.165) is 0 Å². The van der Waals surface area contributed by atoms with E-state index in [-0.39, 0.29) is 18.1 Å². The quantitative estimate of drug-likeness (QED) is 0.905. The van der Waals surface area contributed by atoms with Gasteiger partial charge in [0.15, 0.2) is 5.82 Å². The molecule has 19 heavy (non-hydrogen) atoms. The minimum Gasteiger partial charge on any atom is -0.374 e. The van der Waals surface area contributed by atoms with Crippen molar-refractivity contribution in [3.63, 3.8) is 0 Å². The molecule has 100 valence electrons. The van der Waals surface area contributed by atoms with Gasteiger partial charge in [0.1, 0.15) is 11.6 Å². The first-order valence-corrected chi connectivity index (χ1v) is 5.84. The normalized spacial score (nSPS) is 10.3. The van der Waals surface area contributed by atoms with Gasteiger partial charge in [-0.25, -0.2) is 4.39 Å². The molecule has 2 N–H and O–H groups in total. The molecule has 0 unspecified atom stereocenters. The molecule has 0 saturated heterocycles. The van der Waals surface area contributed by atoms with E-state index in [1.54, 1.807) is 13.0 Å². The van der Waals surface area contributed by atoms with E-state index < -0.39 is 5.82 Å². The van der Waals surface area contributed by atoms with Crippen LogP contribution in [0.4, 0.5) is 15.9 Å². The van der Waals surface area contributed by atoms with E-state index in [1.807, 2.05) is 0 Å². The number of aromatic nitrogens is 1. The lowest BCUT2D eigenvalue weighted by atomic mass is 10.3. The highest BCUT2D eigenvalue weighted by molar-refractivity contribution is 6.30. The van der Waals surface area contributed by atoms with Crippen LogP contribution >= 0.6 is 11.6 Å². The van der Waals surface area contributed by atoms with E-state index in [0.29, 0.717) is 16.6 Å². The van der Waals surface area contributed by atoms with Crippen LogP contribution in [-0.4, -0.2) is 17.6 Å². The molecular weight excluding hydrogens is 273 g/mol. The zero-order valence-corrected chi connectivity index (χ0v) is 10.8. The van der Waals surface area contributed by atoms with Crippen molar-refractivity contribution in [3.8, 4) is 0 Å². The third kappa shape index (κ3) is 3.69. The van der Waals surface area contributed by atoms with Crippen LogP contribution in [-0.2, 0) is 4.79 Å². The van der Waals surface area contributed by atoms with Crippen molar-refractivity contribution in [2.45, 2.75) is 6.92 Å². The second kappa shape index (κ2) is 5.71. The molecule has 0 bridgehead atoms. The molecule has 0 saturated carbocycles. The van der Waals surface area contributed by atoms with Crippen molar-refractivity contribution in [2.75, 3.05) is 17.2 Å². The molecule has 0 aliphatic heterocycles. The molecule has 0 aliphatic rings. The van der Waals surface area contributed by atoms with E-state index in [2.05, 4.69) is 15.8 Å². The topological polar surface area (TPSA) is 67.2 Å². The predicted molar refractivity (Wildman–Crippen MR) is 69.8 cm³/mol. The number of nitrogens with zero attached hydrogens (tertiary/aromatic N) is 1. The zero-order valence-electron chi connectivity index (χ0n) is 10.0. The highest BCUT2D eigenvalue weighted by Crippen LogP contribution is 2.18. The summed E-state index contributed by atoms with van der Waals surface area (Å²) in [6.07, 6.45) is 0. The van der Waals surface area contributed by atoms with Crippen LogP contribution in [0.25, 0.3) is 0 Å². The maximum absolute atomic E-state index is 13.4. The second-order valence-electron chi connectivity index (χ2n) is 3.85. The fourth-order valence-electron chi connectivity index (χ4n) is 1.42. The summed E-state index contributed by atoms with van der Waals surface area (Å²) in [6, 6.07) is 5.75. The molecule has 1 heterocycles. The molecule has 0 fully saturated rings. The fourth-order valence-corrected chi connectivity index (χ4v) is 1.58. The maximum atomic E-state index is 13.4. The Morgan fingerprint density at radius 3 is 2.89 bits per heavy atom. The van der Waals surface area contributed by atoms with Gasteiger partial charge in [-0.2, -0.15) is 0 Å². The number of hydrogen-bond acceptors (Lipinski definition) is 4. The zero-order chi connectivity index (χ0) is 13.8. The Bertz CT molecular complexity index is 600. The molecule has 2 aromatic rings. The SMILES string of the molecule is Cc1cc(NC(=O)CNc2ccc(Cl)cc2F)no1. The van der Waals surface area contributed by atoms with Gasteiger partial charge in [0, 0.05) is 11.1 Å². The first-order chi connectivity index (χ1) is 9.04. The average molecular weight is 284 g/mol. The molecular formula is C12H11ClFN3O2. The molecule has 1 aromatic carbocycles. The smallest absolute Gasteiger partial charge is 0.244 e. The summed E-state index contributed by atoms with van der Waals surface area (Å²) in [5.74, 6) is 0.0353. The van der Waals surface area contributed by atoms with Crippen molar-refractivity contribution < 1.29 is 13.7 Å². The Labute approximate surface area is 113 Å². The fraction of sp³-hybridized carbons (Fsp3) is 0.167. The van der Waals surface area contributed by atoms with Crippen LogP contribution in [0, 0.1) is 12.7 Å². The van der Waals surface area contributed by atoms with E-state index in [4.69, 9.17) is 16.1 Å². The molecule has 1 aromatic heterocycles. The highest BCUT2D eigenvalue weighted by Gasteiger charge is 2.08. The van der Waals surface area contributed by atoms with Crippen LogP contribution < -0.4 is 10.6 Å². The van der Waals surface area contributed by atoms with Crippen LogP contribution in [0.3, 0.4) is 0 Å². The molecule has 0 aliphatic carbocycles. The van der Waals surface area contributed by atoms with E-state index >= 15 is 0 Å². The van der Waals surface area contributed by atoms with Gasteiger partial charge in [0.05, 0.1) is 12.2 Å². The van der Waals surface area contributed by atoms with Gasteiger partial charge < -0.3 is 15.2 Å². The summed E-state index contributed by atoms with van der Waals surface area (Å²) < 4.78 is 18.2. The van der Waals surface area contributed by atoms with Gasteiger partial charge in [-0.15, -0.1) is 0 Å². The summed E-state index contributed by atoms with van der Waals surface area (Å²) in [7, 11) is 0. The van der Waals surface area contributed by atoms with Gasteiger partial charge in [-0.3, -0.25) is 4.79 Å². The third-order valence-corrected chi connectivity index (χ3v) is 2.50. The van der Waals surface area contributed by atoms with Gasteiger partial charge in [-0.1, -0.05) is 16.8 Å². The Morgan fingerprint density at radius 2 is 2.26 bits per heavy atom. The van der Waals surface area contributed by atoms with Crippen molar-refractivity contribution in [2.24, 2.45) is 0 Å². The maximum Gasteiger partial charge on any atom is 0.244 e. The molecule has 0 radical (unpaired) electrons. The molecule has 7 heteroatoms. The Balaban J connectivity index is 1.89. The largest absolute Gasteiger partial charge is 0.374 e. The molecule has 0 spiro atoms. The Kier molecular flexibility index (Phi) is 4.01. The first kappa shape index (κ1) is 13.4. The second-order valence-corrected chi connectivity index (χ2v) is 4.29. The monoisotopic (exact) mass is 283 g/mol. The number of aryl methyl sites for hydroxylation is 1. The van der Waals surface area contributed by atoms with Crippen LogP contribution in [0.1, 0.15) is 5.76 Å². The number of benzene rings is 1. The van der Waals surface area contributed by atoms with Gasteiger partial charge in [0.25, 0.3) is 0 Å². The molecule has 2 rings (SSSR count). The van der Waals surface area contributed by atoms with Crippen molar-refractivity contribution in [3.05, 3.63) is 40.9 Å². The minimum absolute atomic E-state index is 0.0928. The Hall–Kier alpha value is -2.08. The standard InChI is InChI=1S/C12H11ClFN3O2/c1-7-4-11(17-19-7)16-12(18)6-15-10-3-2-8(13)5-9(10)14/h2-5,15H,6H2,1H3,(H,16,17,18). The summed E-state index contributed by atoms with van der Waals surface area (Å²) in [6.45, 7) is 1.62. The lowest BCUT2D eigenvalue weighted by molar-refractivity contribution is -0.114. The number of carbonyl (C=O) groups is 1. The van der Waals surface area contributed by atoms with Crippen molar-refractivity contribution in [1.82, 2.24) is 5.16 Å². The number of hydrogen-bond donors (Lipinski definition) is 2. The number of carbonyl (C=O) groups excluding carboxylic acids is 1. The van der Waals surface area contributed by atoms with Crippen LogP contribution in [0.5, 0.6) is 0 Å². The third-order valence-electron chi connectivity index (χ3n) is 2.27. The number of nitrogens with one attached hydrogen (secondary N) is 2. The van der Waals surface area contributed by atoms with E-state index in [9.17, 15) is 9.18 Å². The average Bonchev–Trinajstić information content (AvgIpc) is 2.73. The lowest BCUT2D eigenvalue weighted by Gasteiger charge is -2.07. The number of anilines is 2. The van der Waals surface area contributed by atoms with Gasteiger partial charge in [0.2, 0.25) is 5.91 Å². The van der Waals surface area contributed by atoms with Crippen LogP contribution in [0.2, 0.25) is 5.02 Å².